The number of aliphatic hydroxyl groups is 2. The van der Waals surface area contributed by atoms with Gasteiger partial charge in [-0.3, -0.25) is 9.59 Å². The average molecular weight is 1100 g/mol. The summed E-state index contributed by atoms with van der Waals surface area (Å²) in [4.78, 5) is 24.7. The molecule has 0 aromatic heterocycles. The molecule has 0 aromatic carbocycles. The molecule has 0 fully saturated rings. The fourth-order valence-corrected chi connectivity index (χ4v) is 11.3. The van der Waals surface area contributed by atoms with E-state index in [1.165, 1.54) is 315 Å². The lowest BCUT2D eigenvalue weighted by molar-refractivity contribution is -0.143. The highest BCUT2D eigenvalue weighted by Crippen LogP contribution is 2.19. The van der Waals surface area contributed by atoms with E-state index in [2.05, 4.69) is 43.5 Å². The van der Waals surface area contributed by atoms with Gasteiger partial charge in [0.15, 0.2) is 0 Å². The third-order valence-corrected chi connectivity index (χ3v) is 16.8. The second-order valence-electron chi connectivity index (χ2n) is 24.6. The molecule has 2 unspecified atom stereocenters. The molecule has 0 radical (unpaired) electrons. The smallest absolute Gasteiger partial charge is 0.305 e. The van der Waals surface area contributed by atoms with Crippen LogP contribution < -0.4 is 5.32 Å². The molecule has 78 heavy (non-hydrogen) atoms. The Morgan fingerprint density at radius 2 is 0.641 bits per heavy atom. The molecule has 0 bridgehead atoms. The van der Waals surface area contributed by atoms with Gasteiger partial charge in [-0.15, -0.1) is 0 Å². The van der Waals surface area contributed by atoms with Crippen LogP contribution in [0, 0.1) is 0 Å². The lowest BCUT2D eigenvalue weighted by atomic mass is 10.0. The molecule has 0 saturated carbocycles. The lowest BCUT2D eigenvalue weighted by Crippen LogP contribution is -2.45. The predicted molar refractivity (Wildman–Crippen MR) is 343 cm³/mol. The van der Waals surface area contributed by atoms with E-state index in [-0.39, 0.29) is 18.5 Å². The first kappa shape index (κ1) is 76.3. The molecule has 6 heteroatoms. The van der Waals surface area contributed by atoms with Gasteiger partial charge in [-0.2, -0.15) is 0 Å². The number of unbranched alkanes of at least 4 members (excludes halogenated alkanes) is 52. The van der Waals surface area contributed by atoms with Crippen LogP contribution in [-0.4, -0.2) is 47.4 Å². The maximum atomic E-state index is 12.6. The monoisotopic (exact) mass is 1100 g/mol. The molecular weight excluding hydrogens is 959 g/mol. The van der Waals surface area contributed by atoms with Gasteiger partial charge in [0, 0.05) is 12.8 Å². The van der Waals surface area contributed by atoms with Crippen LogP contribution in [0.3, 0.4) is 0 Å². The van der Waals surface area contributed by atoms with Crippen LogP contribution >= 0.6 is 0 Å². The highest BCUT2D eigenvalue weighted by Gasteiger charge is 2.20. The van der Waals surface area contributed by atoms with E-state index in [4.69, 9.17) is 4.74 Å². The van der Waals surface area contributed by atoms with E-state index in [1.54, 1.807) is 0 Å². The van der Waals surface area contributed by atoms with Crippen molar-refractivity contribution in [3.8, 4) is 0 Å². The molecule has 0 saturated heterocycles. The summed E-state index contributed by atoms with van der Waals surface area (Å²) >= 11 is 0. The summed E-state index contributed by atoms with van der Waals surface area (Å²) < 4.78 is 5.50. The van der Waals surface area contributed by atoms with Crippen molar-refractivity contribution in [2.24, 2.45) is 0 Å². The third-order valence-electron chi connectivity index (χ3n) is 16.8. The number of esters is 1. The third kappa shape index (κ3) is 63.5. The number of nitrogens with one attached hydrogen (secondary N) is 1. The zero-order chi connectivity index (χ0) is 56.4. The predicted octanol–water partition coefficient (Wildman–Crippen LogP) is 22.9. The van der Waals surface area contributed by atoms with Crippen LogP contribution in [0.15, 0.2) is 24.3 Å². The van der Waals surface area contributed by atoms with Crippen molar-refractivity contribution in [3.05, 3.63) is 24.3 Å². The maximum absolute atomic E-state index is 12.6. The second kappa shape index (κ2) is 67.8. The van der Waals surface area contributed by atoms with Crippen molar-refractivity contribution in [2.45, 2.75) is 411 Å². The van der Waals surface area contributed by atoms with Gasteiger partial charge in [-0.05, 0) is 57.8 Å². The summed E-state index contributed by atoms with van der Waals surface area (Å²) in [6, 6.07) is -0.545. The number of ether oxygens (including phenoxy) is 1. The highest BCUT2D eigenvalue weighted by atomic mass is 16.5. The van der Waals surface area contributed by atoms with Gasteiger partial charge in [0.2, 0.25) is 5.91 Å². The molecule has 0 aliphatic heterocycles. The Balaban J connectivity index is 3.39. The Morgan fingerprint density at radius 3 is 0.987 bits per heavy atom. The Morgan fingerprint density at radius 1 is 0.359 bits per heavy atom. The minimum Gasteiger partial charge on any atom is -0.466 e. The number of hydrogen-bond donors (Lipinski definition) is 3. The van der Waals surface area contributed by atoms with Gasteiger partial charge in [0.05, 0.1) is 25.4 Å². The number of aliphatic hydroxyl groups excluding tert-OH is 2. The van der Waals surface area contributed by atoms with Crippen molar-refractivity contribution in [2.75, 3.05) is 13.2 Å². The molecule has 3 N–H and O–H groups in total. The fourth-order valence-electron chi connectivity index (χ4n) is 11.3. The summed E-state index contributed by atoms with van der Waals surface area (Å²) in [5, 5.41) is 23.4. The maximum Gasteiger partial charge on any atom is 0.305 e. The summed E-state index contributed by atoms with van der Waals surface area (Å²) in [5.74, 6) is -0.0302. The minimum atomic E-state index is -0.668. The summed E-state index contributed by atoms with van der Waals surface area (Å²) in [5.41, 5.74) is 0. The first-order chi connectivity index (χ1) is 38.5. The van der Waals surface area contributed by atoms with Crippen molar-refractivity contribution in [1.82, 2.24) is 5.32 Å². The van der Waals surface area contributed by atoms with Crippen LogP contribution in [0.4, 0.5) is 0 Å². The first-order valence-electron chi connectivity index (χ1n) is 35.6. The zero-order valence-corrected chi connectivity index (χ0v) is 52.9. The number of allylic oxidation sites excluding steroid dienone is 4. The Kier molecular flexibility index (Phi) is 66.4. The number of rotatable bonds is 67. The molecule has 6 nitrogen and oxygen atoms in total. The van der Waals surface area contributed by atoms with Gasteiger partial charge >= 0.3 is 5.97 Å². The highest BCUT2D eigenvalue weighted by molar-refractivity contribution is 5.76. The Bertz CT molecular complexity index is 1220. The van der Waals surface area contributed by atoms with Crippen LogP contribution in [0.5, 0.6) is 0 Å². The van der Waals surface area contributed by atoms with E-state index >= 15 is 0 Å². The number of hydrogen-bond acceptors (Lipinski definition) is 5. The average Bonchev–Trinajstić information content (AvgIpc) is 3.44. The van der Waals surface area contributed by atoms with E-state index in [0.29, 0.717) is 25.9 Å². The van der Waals surface area contributed by atoms with Crippen molar-refractivity contribution >= 4 is 11.9 Å². The fraction of sp³-hybridized carbons (Fsp3) is 0.917. The summed E-state index contributed by atoms with van der Waals surface area (Å²) in [7, 11) is 0. The van der Waals surface area contributed by atoms with Gasteiger partial charge in [-0.25, -0.2) is 0 Å². The Hall–Kier alpha value is -1.66. The molecule has 1 amide bonds. The molecule has 462 valence electrons. The molecule has 0 heterocycles. The number of carbonyl (C=O) groups is 2. The molecule has 0 aliphatic rings. The normalized spacial score (nSPS) is 12.6. The molecule has 0 aromatic rings. The molecule has 0 aliphatic carbocycles. The van der Waals surface area contributed by atoms with Gasteiger partial charge in [0.25, 0.3) is 0 Å². The summed E-state index contributed by atoms with van der Waals surface area (Å²) in [6.07, 6.45) is 85.0. The standard InChI is InChI=1S/C72H139NO5/c1-3-5-7-9-11-13-15-17-19-21-23-24-25-26-27-29-32-36-40-44-48-52-56-60-64-70(75)69(68-74)73-71(76)65-61-57-53-49-45-41-37-33-30-28-31-35-39-43-47-51-55-59-63-67-78-72(77)66-62-58-54-50-46-42-38-34-22-20-18-16-14-12-10-8-6-4-2/h14,16,20,22,69-70,74-75H,3-13,15,17-19,21,23-68H2,1-2H3,(H,73,76)/b16-14-,22-20-. The van der Waals surface area contributed by atoms with E-state index in [1.807, 2.05) is 0 Å². The van der Waals surface area contributed by atoms with Gasteiger partial charge in [0.1, 0.15) is 0 Å². The minimum absolute atomic E-state index is 0.00298. The molecule has 0 rings (SSSR count). The molecule has 0 spiro atoms. The van der Waals surface area contributed by atoms with E-state index < -0.39 is 12.1 Å². The second-order valence-corrected chi connectivity index (χ2v) is 24.6. The molecule has 2 atom stereocenters. The SMILES string of the molecule is CCCCCC/C=C\C/C=C\CCCCCCCCCC(=O)OCCCCCCCCCCCCCCCCCCCCCC(=O)NC(CO)C(O)CCCCCCCCCCCCCCCCCCCCCCCCCC. The van der Waals surface area contributed by atoms with E-state index in [0.717, 1.165) is 51.4 Å². The van der Waals surface area contributed by atoms with Crippen LogP contribution in [0.1, 0.15) is 399 Å². The van der Waals surface area contributed by atoms with Crippen molar-refractivity contribution in [3.63, 3.8) is 0 Å². The van der Waals surface area contributed by atoms with Crippen molar-refractivity contribution in [1.29, 1.82) is 0 Å². The zero-order valence-electron chi connectivity index (χ0n) is 52.9. The Labute approximate surface area is 488 Å². The molecular formula is C72H139NO5. The number of carbonyl (C=O) groups excluding carboxylic acids is 2. The topological polar surface area (TPSA) is 95.9 Å². The van der Waals surface area contributed by atoms with Gasteiger partial charge in [-0.1, -0.05) is 353 Å². The summed E-state index contributed by atoms with van der Waals surface area (Å²) in [6.45, 7) is 4.97. The van der Waals surface area contributed by atoms with Gasteiger partial charge < -0.3 is 20.3 Å². The lowest BCUT2D eigenvalue weighted by Gasteiger charge is -2.22. The largest absolute Gasteiger partial charge is 0.466 e. The van der Waals surface area contributed by atoms with Crippen molar-refractivity contribution < 1.29 is 24.5 Å². The number of amides is 1. The van der Waals surface area contributed by atoms with Crippen LogP contribution in [0.2, 0.25) is 0 Å². The van der Waals surface area contributed by atoms with Crippen LogP contribution in [-0.2, 0) is 14.3 Å². The van der Waals surface area contributed by atoms with E-state index in [9.17, 15) is 19.8 Å². The van der Waals surface area contributed by atoms with Crippen LogP contribution in [0.25, 0.3) is 0 Å². The quantitative estimate of drug-likeness (QED) is 0.0320. The first-order valence-corrected chi connectivity index (χ1v) is 35.6.